The van der Waals surface area contributed by atoms with E-state index in [-0.39, 0.29) is 35.1 Å². The molecule has 1 aliphatic heterocycles. The Morgan fingerprint density at radius 3 is 2.82 bits per heavy atom. The smallest absolute Gasteiger partial charge is 0.273 e. The number of anilines is 4. The Morgan fingerprint density at radius 2 is 2.06 bits per heavy atom. The first-order valence-corrected chi connectivity index (χ1v) is 10.6. The van der Waals surface area contributed by atoms with Gasteiger partial charge in [-0.15, -0.1) is 10.2 Å². The van der Waals surface area contributed by atoms with E-state index in [2.05, 4.69) is 37.8 Å². The standard InChI is InChI=1S/C22H25N9O2/c1-11-14-10-30(3)29-17(14)13-7-8-24-20(19(13)31(11)4)25-15-9-16(26-21(32)12-5-6-12)27-28-18(15)22(33)23-2/h7-12H,5-6H2,1-4H3,(H,23,33)(H2,24,25,26,27,32)/t11-/m1/s1/i2D3. The zero-order chi connectivity index (χ0) is 25.8. The molecule has 11 heteroatoms. The van der Waals surface area contributed by atoms with Crippen LogP contribution in [0.4, 0.5) is 23.0 Å². The molecule has 4 heterocycles. The molecule has 2 aliphatic rings. The highest BCUT2D eigenvalue weighted by molar-refractivity contribution is 6.00. The van der Waals surface area contributed by atoms with Gasteiger partial charge in [0.05, 0.1) is 23.1 Å². The van der Waals surface area contributed by atoms with E-state index in [1.54, 1.807) is 10.9 Å². The Hall–Kier alpha value is -4.02. The number of carbonyl (C=O) groups is 2. The minimum absolute atomic E-state index is 0.00626. The second kappa shape index (κ2) is 7.84. The summed E-state index contributed by atoms with van der Waals surface area (Å²) in [5.74, 6) is -0.635. The van der Waals surface area contributed by atoms with Gasteiger partial charge in [-0.05, 0) is 25.8 Å². The number of hydrogen-bond donors (Lipinski definition) is 3. The topological polar surface area (TPSA) is 130 Å². The van der Waals surface area contributed by atoms with Gasteiger partial charge in [0.2, 0.25) is 5.91 Å². The van der Waals surface area contributed by atoms with E-state index < -0.39 is 12.9 Å². The Morgan fingerprint density at radius 1 is 1.24 bits per heavy atom. The number of hydrogen-bond acceptors (Lipinski definition) is 8. The van der Waals surface area contributed by atoms with Gasteiger partial charge in [-0.1, -0.05) is 0 Å². The summed E-state index contributed by atoms with van der Waals surface area (Å²) in [6, 6.07) is 3.30. The number of nitrogens with one attached hydrogen (secondary N) is 3. The molecule has 3 aromatic rings. The number of amides is 2. The Kier molecular flexibility index (Phi) is 4.16. The maximum absolute atomic E-state index is 12.8. The van der Waals surface area contributed by atoms with Gasteiger partial charge < -0.3 is 20.9 Å². The fourth-order valence-corrected chi connectivity index (χ4v) is 3.99. The van der Waals surface area contributed by atoms with Crippen molar-refractivity contribution in [2.45, 2.75) is 25.8 Å². The lowest BCUT2D eigenvalue weighted by molar-refractivity contribution is -0.117. The minimum Gasteiger partial charge on any atom is -0.364 e. The lowest BCUT2D eigenvalue weighted by Crippen LogP contribution is -2.27. The van der Waals surface area contributed by atoms with Crippen molar-refractivity contribution in [2.75, 3.05) is 29.6 Å². The molecule has 11 nitrogen and oxygen atoms in total. The van der Waals surface area contributed by atoms with Crippen LogP contribution >= 0.6 is 0 Å². The van der Waals surface area contributed by atoms with E-state index in [1.165, 1.54) is 6.07 Å². The quantitative estimate of drug-likeness (QED) is 0.540. The molecule has 33 heavy (non-hydrogen) atoms. The number of rotatable bonds is 5. The second-order valence-corrected chi connectivity index (χ2v) is 8.28. The summed E-state index contributed by atoms with van der Waals surface area (Å²) >= 11 is 0. The van der Waals surface area contributed by atoms with Gasteiger partial charge in [0.25, 0.3) is 5.91 Å². The van der Waals surface area contributed by atoms with Gasteiger partial charge in [0, 0.05) is 60.7 Å². The molecule has 3 N–H and O–H groups in total. The molecule has 0 radical (unpaired) electrons. The van der Waals surface area contributed by atoms with Crippen LogP contribution < -0.4 is 20.9 Å². The molecule has 3 aromatic heterocycles. The highest BCUT2D eigenvalue weighted by Gasteiger charge is 2.32. The largest absolute Gasteiger partial charge is 0.364 e. The van der Waals surface area contributed by atoms with Crippen LogP contribution in [0.2, 0.25) is 0 Å². The van der Waals surface area contributed by atoms with E-state index in [0.717, 1.165) is 35.3 Å². The number of aromatic nitrogens is 5. The molecule has 1 saturated carbocycles. The average Bonchev–Trinajstić information content (AvgIpc) is 3.58. The number of carbonyl (C=O) groups excluding carboxylic acids is 2. The van der Waals surface area contributed by atoms with Gasteiger partial charge in [-0.3, -0.25) is 14.3 Å². The lowest BCUT2D eigenvalue weighted by atomic mass is 9.96. The fraction of sp³-hybridized carbons (Fsp3) is 0.364. The van der Waals surface area contributed by atoms with Crippen LogP contribution in [0, 0.1) is 5.92 Å². The fourth-order valence-electron chi connectivity index (χ4n) is 3.99. The van der Waals surface area contributed by atoms with Gasteiger partial charge in [-0.2, -0.15) is 5.10 Å². The Bertz CT molecular complexity index is 1370. The highest BCUT2D eigenvalue weighted by Crippen LogP contribution is 2.46. The molecule has 1 aliphatic carbocycles. The van der Waals surface area contributed by atoms with Crippen molar-refractivity contribution in [1.29, 1.82) is 0 Å². The zero-order valence-corrected chi connectivity index (χ0v) is 18.4. The molecule has 0 aromatic carbocycles. The molecule has 0 saturated heterocycles. The SMILES string of the molecule is [2H]C([2H])([2H])NC(=O)c1nnc(NC(=O)C2CC2)cc1Nc1nccc2c1N(C)[C@H](C)c1cn(C)nc1-2. The predicted octanol–water partition coefficient (Wildman–Crippen LogP) is 2.23. The van der Waals surface area contributed by atoms with E-state index in [9.17, 15) is 9.59 Å². The molecule has 1 atom stereocenters. The third-order valence-electron chi connectivity index (χ3n) is 6.00. The molecule has 1 fully saturated rings. The summed E-state index contributed by atoms with van der Waals surface area (Å²) in [6.45, 7) is -0.668. The first kappa shape index (κ1) is 17.5. The average molecular weight is 451 g/mol. The van der Waals surface area contributed by atoms with Crippen molar-refractivity contribution in [3.63, 3.8) is 0 Å². The summed E-state index contributed by atoms with van der Waals surface area (Å²) in [5, 5.41) is 20.2. The molecule has 0 unspecified atom stereocenters. The summed E-state index contributed by atoms with van der Waals surface area (Å²) in [6.07, 6.45) is 5.22. The summed E-state index contributed by atoms with van der Waals surface area (Å²) in [5.41, 5.74) is 3.39. The number of nitrogens with zero attached hydrogens (tertiary/aromatic N) is 6. The number of pyridine rings is 1. The molecular weight excluding hydrogens is 422 g/mol. The van der Waals surface area contributed by atoms with Gasteiger partial charge in [0.1, 0.15) is 0 Å². The van der Waals surface area contributed by atoms with Crippen LogP contribution in [0.3, 0.4) is 0 Å². The van der Waals surface area contributed by atoms with Crippen LogP contribution in [0.5, 0.6) is 0 Å². The van der Waals surface area contributed by atoms with Crippen molar-refractivity contribution in [3.05, 3.63) is 35.8 Å². The van der Waals surface area contributed by atoms with Gasteiger partial charge >= 0.3 is 0 Å². The van der Waals surface area contributed by atoms with E-state index in [0.29, 0.717) is 5.82 Å². The lowest BCUT2D eigenvalue weighted by Gasteiger charge is -2.34. The Balaban J connectivity index is 1.56. The summed E-state index contributed by atoms with van der Waals surface area (Å²) in [4.78, 5) is 31.5. The van der Waals surface area contributed by atoms with Crippen LogP contribution in [0.15, 0.2) is 24.5 Å². The van der Waals surface area contributed by atoms with Crippen molar-refractivity contribution in [3.8, 4) is 11.3 Å². The van der Waals surface area contributed by atoms with Crippen molar-refractivity contribution >= 4 is 34.8 Å². The molecule has 170 valence electrons. The van der Waals surface area contributed by atoms with Gasteiger partial charge in [-0.25, -0.2) is 4.98 Å². The van der Waals surface area contributed by atoms with Crippen LogP contribution in [0.1, 0.15) is 46.0 Å². The van der Waals surface area contributed by atoms with Gasteiger partial charge in [0.15, 0.2) is 17.3 Å². The zero-order valence-electron chi connectivity index (χ0n) is 21.4. The number of aryl methyl sites for hydroxylation is 1. The van der Waals surface area contributed by atoms with Crippen molar-refractivity contribution in [1.82, 2.24) is 30.3 Å². The first-order chi connectivity index (χ1) is 17.0. The molecular formula is C22H25N9O2. The van der Waals surface area contributed by atoms with E-state index in [1.807, 2.05) is 36.6 Å². The van der Waals surface area contributed by atoms with E-state index in [4.69, 9.17) is 4.11 Å². The molecule has 5 rings (SSSR count). The second-order valence-electron chi connectivity index (χ2n) is 8.28. The Labute approximate surface area is 194 Å². The van der Waals surface area contributed by atoms with E-state index >= 15 is 0 Å². The third-order valence-corrected chi connectivity index (χ3v) is 6.00. The van der Waals surface area contributed by atoms with Crippen LogP contribution in [0.25, 0.3) is 11.3 Å². The maximum atomic E-state index is 12.8. The summed E-state index contributed by atoms with van der Waals surface area (Å²) in [7, 11) is 3.79. The molecule has 2 amide bonds. The molecule has 0 bridgehead atoms. The van der Waals surface area contributed by atoms with Crippen molar-refractivity contribution in [2.24, 2.45) is 13.0 Å². The third kappa shape index (κ3) is 3.65. The monoisotopic (exact) mass is 450 g/mol. The summed E-state index contributed by atoms with van der Waals surface area (Å²) < 4.78 is 23.9. The van der Waals surface area contributed by atoms with Crippen LogP contribution in [-0.2, 0) is 11.8 Å². The first-order valence-electron chi connectivity index (χ1n) is 12.1. The highest BCUT2D eigenvalue weighted by atomic mass is 16.2. The van der Waals surface area contributed by atoms with Crippen LogP contribution in [-0.4, -0.2) is 50.8 Å². The minimum atomic E-state index is -2.72. The normalized spacial score (nSPS) is 18.3. The molecule has 0 spiro atoms. The maximum Gasteiger partial charge on any atom is 0.273 e. The van der Waals surface area contributed by atoms with Crippen molar-refractivity contribution < 1.29 is 13.7 Å². The number of fused-ring (bicyclic) bond motifs is 3. The predicted molar refractivity (Wildman–Crippen MR) is 123 cm³/mol.